The minimum atomic E-state index is 0.0360. The molecular formula is C13H25NO2. The van der Waals surface area contributed by atoms with Gasteiger partial charge in [-0.25, -0.2) is 0 Å². The van der Waals surface area contributed by atoms with E-state index in [4.69, 9.17) is 4.74 Å². The van der Waals surface area contributed by atoms with Gasteiger partial charge in [-0.1, -0.05) is 6.92 Å². The Hall–Kier alpha value is -0.410. The van der Waals surface area contributed by atoms with Gasteiger partial charge in [-0.05, 0) is 40.2 Å². The molecule has 0 bridgehead atoms. The number of hydrogen-bond donors (Lipinski definition) is 0. The second-order valence-corrected chi connectivity index (χ2v) is 5.18. The van der Waals surface area contributed by atoms with Crippen LogP contribution in [-0.4, -0.2) is 42.5 Å². The van der Waals surface area contributed by atoms with Gasteiger partial charge in [-0.3, -0.25) is 9.69 Å². The van der Waals surface area contributed by atoms with Gasteiger partial charge in [0.05, 0.1) is 13.2 Å². The van der Waals surface area contributed by atoms with Crippen molar-refractivity contribution in [3.05, 3.63) is 0 Å². The van der Waals surface area contributed by atoms with E-state index in [0.717, 1.165) is 6.61 Å². The van der Waals surface area contributed by atoms with Crippen molar-refractivity contribution in [2.75, 3.05) is 19.8 Å². The van der Waals surface area contributed by atoms with Crippen LogP contribution in [0.3, 0.4) is 0 Å². The molecule has 16 heavy (non-hydrogen) atoms. The number of rotatable bonds is 6. The van der Waals surface area contributed by atoms with E-state index in [2.05, 4.69) is 18.7 Å². The number of ketones is 1. The van der Waals surface area contributed by atoms with Crippen LogP contribution in [0.15, 0.2) is 0 Å². The quantitative estimate of drug-likeness (QED) is 0.696. The molecule has 0 spiro atoms. The predicted octanol–water partition coefficient (Wildman–Crippen LogP) is 2.10. The highest BCUT2D eigenvalue weighted by atomic mass is 16.5. The molecule has 94 valence electrons. The number of hydrogen-bond acceptors (Lipinski definition) is 3. The molecule has 0 aromatic rings. The summed E-state index contributed by atoms with van der Waals surface area (Å²) in [4.78, 5) is 13.6. The fourth-order valence-corrected chi connectivity index (χ4v) is 2.21. The maximum absolute atomic E-state index is 11.1. The van der Waals surface area contributed by atoms with Gasteiger partial charge in [-0.15, -0.1) is 0 Å². The zero-order chi connectivity index (χ0) is 12.1. The molecule has 0 aromatic carbocycles. The molecule has 2 atom stereocenters. The summed E-state index contributed by atoms with van der Waals surface area (Å²) in [7, 11) is 0. The highest BCUT2D eigenvalue weighted by molar-refractivity contribution is 5.77. The Morgan fingerprint density at radius 1 is 1.44 bits per heavy atom. The van der Waals surface area contributed by atoms with Gasteiger partial charge in [0.2, 0.25) is 0 Å². The van der Waals surface area contributed by atoms with E-state index >= 15 is 0 Å². The first-order valence-electron chi connectivity index (χ1n) is 6.36. The summed E-state index contributed by atoms with van der Waals surface area (Å²) in [6, 6.07) is 1.15. The molecule has 0 aromatic heterocycles. The summed E-state index contributed by atoms with van der Waals surface area (Å²) < 4.78 is 5.66. The van der Waals surface area contributed by atoms with Gasteiger partial charge in [0.15, 0.2) is 0 Å². The normalized spacial score (nSPS) is 23.9. The first kappa shape index (κ1) is 13.7. The minimum Gasteiger partial charge on any atom is -0.379 e. The molecule has 0 N–H and O–H groups in total. The molecule has 1 unspecified atom stereocenters. The average Bonchev–Trinajstić information content (AvgIpc) is 2.65. The van der Waals surface area contributed by atoms with Gasteiger partial charge < -0.3 is 4.74 Å². The summed E-state index contributed by atoms with van der Waals surface area (Å²) >= 11 is 0. The molecule has 0 saturated carbocycles. The van der Waals surface area contributed by atoms with Gasteiger partial charge in [0.1, 0.15) is 5.78 Å². The van der Waals surface area contributed by atoms with Gasteiger partial charge in [0, 0.05) is 18.0 Å². The lowest BCUT2D eigenvalue weighted by Gasteiger charge is -2.28. The number of carbonyl (C=O) groups excluding carboxylic acids is 1. The highest BCUT2D eigenvalue weighted by Gasteiger charge is 2.26. The first-order chi connectivity index (χ1) is 7.52. The van der Waals surface area contributed by atoms with Crippen molar-refractivity contribution in [2.24, 2.45) is 5.92 Å². The maximum Gasteiger partial charge on any atom is 0.134 e. The van der Waals surface area contributed by atoms with Crippen molar-refractivity contribution < 1.29 is 9.53 Å². The van der Waals surface area contributed by atoms with Crippen LogP contribution in [0.5, 0.6) is 0 Å². The van der Waals surface area contributed by atoms with E-state index in [0.29, 0.717) is 18.7 Å². The number of nitrogens with zero attached hydrogens (tertiary/aromatic N) is 1. The second-order valence-electron chi connectivity index (χ2n) is 5.18. The number of likely N-dealkylation sites (tertiary alicyclic amines) is 1. The number of Topliss-reactive ketones (excluding diaryl/α,β-unsaturated/α-hetero) is 1. The lowest BCUT2D eigenvalue weighted by atomic mass is 10.1. The lowest BCUT2D eigenvalue weighted by molar-refractivity contribution is -0.122. The van der Waals surface area contributed by atoms with Crippen LogP contribution >= 0.6 is 0 Å². The topological polar surface area (TPSA) is 29.5 Å². The van der Waals surface area contributed by atoms with Crippen molar-refractivity contribution >= 4 is 5.78 Å². The van der Waals surface area contributed by atoms with Crippen LogP contribution in [0.1, 0.15) is 40.5 Å². The largest absolute Gasteiger partial charge is 0.379 e. The summed E-state index contributed by atoms with van der Waals surface area (Å²) in [5.41, 5.74) is 0. The van der Waals surface area contributed by atoms with Crippen LogP contribution in [0.25, 0.3) is 0 Å². The third kappa shape index (κ3) is 3.87. The third-order valence-corrected chi connectivity index (χ3v) is 3.46. The van der Waals surface area contributed by atoms with E-state index in [-0.39, 0.29) is 11.7 Å². The standard InChI is InChI=1S/C13H25NO2/c1-10(2)14-7-5-6-13(14)9-16-8-11(3)12(4)15/h10-11,13H,5-9H2,1-4H3/t11?,13-/m0/s1. The van der Waals surface area contributed by atoms with Gasteiger partial charge >= 0.3 is 0 Å². The minimum absolute atomic E-state index is 0.0360. The monoisotopic (exact) mass is 227 g/mol. The van der Waals surface area contributed by atoms with Gasteiger partial charge in [-0.2, -0.15) is 0 Å². The maximum atomic E-state index is 11.1. The Kier molecular flexibility index (Phi) is 5.42. The molecule has 3 heteroatoms. The molecule has 1 rings (SSSR count). The summed E-state index contributed by atoms with van der Waals surface area (Å²) in [6.45, 7) is 10.6. The summed E-state index contributed by atoms with van der Waals surface area (Å²) in [6.07, 6.45) is 2.50. The summed E-state index contributed by atoms with van der Waals surface area (Å²) in [5, 5.41) is 0. The molecule has 1 aliphatic heterocycles. The predicted molar refractivity (Wildman–Crippen MR) is 65.5 cm³/mol. The van der Waals surface area contributed by atoms with E-state index in [9.17, 15) is 4.79 Å². The van der Waals surface area contributed by atoms with E-state index in [1.165, 1.54) is 19.4 Å². The van der Waals surface area contributed by atoms with Crippen LogP contribution in [0.2, 0.25) is 0 Å². The second kappa shape index (κ2) is 6.36. The Bertz CT molecular complexity index is 228. The number of ether oxygens (including phenoxy) is 1. The van der Waals surface area contributed by atoms with Crippen molar-refractivity contribution in [1.82, 2.24) is 4.90 Å². The Labute approximate surface area is 99.1 Å². The van der Waals surface area contributed by atoms with Crippen LogP contribution < -0.4 is 0 Å². The molecule has 1 fully saturated rings. The first-order valence-corrected chi connectivity index (χ1v) is 6.36. The van der Waals surface area contributed by atoms with E-state index in [1.807, 2.05) is 6.92 Å². The Morgan fingerprint density at radius 2 is 2.12 bits per heavy atom. The van der Waals surface area contributed by atoms with Crippen molar-refractivity contribution in [2.45, 2.75) is 52.6 Å². The van der Waals surface area contributed by atoms with Crippen molar-refractivity contribution in [3.63, 3.8) is 0 Å². The highest BCUT2D eigenvalue weighted by Crippen LogP contribution is 2.20. The van der Waals surface area contributed by atoms with Crippen LogP contribution in [0.4, 0.5) is 0 Å². The van der Waals surface area contributed by atoms with Crippen molar-refractivity contribution in [3.8, 4) is 0 Å². The molecule has 1 heterocycles. The van der Waals surface area contributed by atoms with E-state index in [1.54, 1.807) is 6.92 Å². The fraction of sp³-hybridized carbons (Fsp3) is 0.923. The zero-order valence-electron chi connectivity index (χ0n) is 11.0. The number of carbonyl (C=O) groups is 1. The SMILES string of the molecule is CC(=O)C(C)COC[C@@H]1CCCN1C(C)C. The fourth-order valence-electron chi connectivity index (χ4n) is 2.21. The molecule has 0 amide bonds. The van der Waals surface area contributed by atoms with Crippen LogP contribution in [0, 0.1) is 5.92 Å². The van der Waals surface area contributed by atoms with Gasteiger partial charge in [0.25, 0.3) is 0 Å². The lowest BCUT2D eigenvalue weighted by Crippen LogP contribution is -2.38. The Morgan fingerprint density at radius 3 is 2.69 bits per heavy atom. The molecule has 1 saturated heterocycles. The third-order valence-electron chi connectivity index (χ3n) is 3.46. The molecule has 0 aliphatic carbocycles. The van der Waals surface area contributed by atoms with Crippen LogP contribution in [-0.2, 0) is 9.53 Å². The Balaban J connectivity index is 2.24. The smallest absolute Gasteiger partial charge is 0.134 e. The van der Waals surface area contributed by atoms with E-state index < -0.39 is 0 Å². The molecule has 1 aliphatic rings. The average molecular weight is 227 g/mol. The van der Waals surface area contributed by atoms with Crippen molar-refractivity contribution in [1.29, 1.82) is 0 Å². The molecule has 3 nitrogen and oxygen atoms in total. The molecule has 0 radical (unpaired) electrons. The summed E-state index contributed by atoms with van der Waals surface area (Å²) in [5.74, 6) is 0.251. The molecular weight excluding hydrogens is 202 g/mol. The zero-order valence-corrected chi connectivity index (χ0v) is 11.0.